The van der Waals surface area contributed by atoms with Gasteiger partial charge in [0.1, 0.15) is 5.82 Å². The van der Waals surface area contributed by atoms with E-state index in [4.69, 9.17) is 0 Å². The van der Waals surface area contributed by atoms with Crippen LogP contribution in [0.1, 0.15) is 24.8 Å². The second-order valence-corrected chi connectivity index (χ2v) is 5.92. The molecule has 0 aliphatic carbocycles. The number of carbonyl (C=O) groups excluding carboxylic acids is 1. The highest BCUT2D eigenvalue weighted by molar-refractivity contribution is 5.92. The Morgan fingerprint density at radius 1 is 1.04 bits per heavy atom. The molecule has 3 rings (SSSR count). The minimum Gasteiger partial charge on any atom is -0.369 e. The van der Waals surface area contributed by atoms with Crippen LogP contribution in [0.4, 0.5) is 15.8 Å². The summed E-state index contributed by atoms with van der Waals surface area (Å²) in [4.78, 5) is 14.1. The van der Waals surface area contributed by atoms with E-state index in [1.54, 1.807) is 12.1 Å². The van der Waals surface area contributed by atoms with Crippen molar-refractivity contribution in [3.63, 3.8) is 0 Å². The number of carbonyl (C=O) groups is 1. The predicted octanol–water partition coefficient (Wildman–Crippen LogP) is 4.00. The van der Waals surface area contributed by atoms with E-state index in [-0.39, 0.29) is 18.1 Å². The molecule has 1 N–H and O–H groups in total. The molecule has 0 bridgehead atoms. The summed E-state index contributed by atoms with van der Waals surface area (Å²) in [6.45, 7) is 1.80. The van der Waals surface area contributed by atoms with Crippen LogP contribution in [0.3, 0.4) is 0 Å². The van der Waals surface area contributed by atoms with Gasteiger partial charge in [0.15, 0.2) is 0 Å². The first-order chi connectivity index (χ1) is 11.2. The average molecular weight is 312 g/mol. The molecule has 0 saturated carbocycles. The number of hydrogen-bond donors (Lipinski definition) is 1. The van der Waals surface area contributed by atoms with E-state index in [2.05, 4.69) is 10.2 Å². The summed E-state index contributed by atoms with van der Waals surface area (Å²) in [5, 5.41) is 2.76. The van der Waals surface area contributed by atoms with E-state index in [9.17, 15) is 9.18 Å². The first-order valence-electron chi connectivity index (χ1n) is 8.10. The number of halogens is 1. The molecule has 23 heavy (non-hydrogen) atoms. The molecular weight excluding hydrogens is 291 g/mol. The van der Waals surface area contributed by atoms with Gasteiger partial charge < -0.3 is 10.2 Å². The van der Waals surface area contributed by atoms with Crippen LogP contribution in [-0.2, 0) is 11.2 Å². The van der Waals surface area contributed by atoms with E-state index in [0.29, 0.717) is 11.4 Å². The van der Waals surface area contributed by atoms with Crippen molar-refractivity contribution in [3.05, 3.63) is 59.9 Å². The monoisotopic (exact) mass is 312 g/mol. The fraction of sp³-hybridized carbons (Fsp3) is 0.316. The Bertz CT molecular complexity index is 666. The summed E-state index contributed by atoms with van der Waals surface area (Å²) in [5.74, 6) is -0.411. The summed E-state index contributed by atoms with van der Waals surface area (Å²) in [5.41, 5.74) is 2.07. The zero-order valence-electron chi connectivity index (χ0n) is 13.1. The van der Waals surface area contributed by atoms with Crippen LogP contribution in [0.15, 0.2) is 48.5 Å². The molecule has 2 aromatic carbocycles. The highest BCUT2D eigenvalue weighted by Gasteiger charge is 2.15. The number of benzene rings is 2. The summed E-state index contributed by atoms with van der Waals surface area (Å²) in [6.07, 6.45) is 3.71. The van der Waals surface area contributed by atoms with Crippen molar-refractivity contribution in [2.24, 2.45) is 0 Å². The molecule has 1 fully saturated rings. The average Bonchev–Trinajstić information content (AvgIpc) is 2.56. The highest BCUT2D eigenvalue weighted by atomic mass is 19.1. The maximum atomic E-state index is 14.3. The summed E-state index contributed by atoms with van der Waals surface area (Å²) in [6, 6.07) is 14.5. The Hall–Kier alpha value is -2.36. The number of hydrogen-bond acceptors (Lipinski definition) is 2. The molecule has 0 atom stereocenters. The lowest BCUT2D eigenvalue weighted by atomic mass is 10.1. The highest BCUT2D eigenvalue weighted by Crippen LogP contribution is 2.25. The Morgan fingerprint density at radius 2 is 1.78 bits per heavy atom. The smallest absolute Gasteiger partial charge is 0.228 e. The Morgan fingerprint density at radius 3 is 2.48 bits per heavy atom. The number of rotatable bonds is 4. The summed E-state index contributed by atoms with van der Waals surface area (Å²) >= 11 is 0. The Kier molecular flexibility index (Phi) is 4.91. The van der Waals surface area contributed by atoms with Gasteiger partial charge in [-0.1, -0.05) is 30.3 Å². The molecule has 120 valence electrons. The van der Waals surface area contributed by atoms with E-state index < -0.39 is 0 Å². The molecule has 1 amide bonds. The van der Waals surface area contributed by atoms with Gasteiger partial charge >= 0.3 is 0 Å². The third kappa shape index (κ3) is 4.09. The second-order valence-electron chi connectivity index (χ2n) is 5.92. The lowest BCUT2D eigenvalue weighted by Gasteiger charge is -2.29. The molecule has 4 heteroatoms. The maximum absolute atomic E-state index is 14.3. The van der Waals surface area contributed by atoms with Crippen molar-refractivity contribution in [2.75, 3.05) is 23.3 Å². The number of amides is 1. The lowest BCUT2D eigenvalue weighted by molar-refractivity contribution is -0.115. The SMILES string of the molecule is O=C(Cc1ccccc1)Nc1ccc(N2CCCCC2)c(F)c1. The topological polar surface area (TPSA) is 32.3 Å². The van der Waals surface area contributed by atoms with Gasteiger partial charge in [-0.05, 0) is 43.0 Å². The first kappa shape index (κ1) is 15.5. The van der Waals surface area contributed by atoms with Crippen molar-refractivity contribution in [1.82, 2.24) is 0 Å². The van der Waals surface area contributed by atoms with Crippen LogP contribution in [0.5, 0.6) is 0 Å². The molecule has 3 nitrogen and oxygen atoms in total. The normalized spacial score (nSPS) is 14.6. The number of anilines is 2. The molecule has 1 heterocycles. The van der Waals surface area contributed by atoms with Gasteiger partial charge in [0.2, 0.25) is 5.91 Å². The third-order valence-corrected chi connectivity index (χ3v) is 4.14. The Labute approximate surface area is 136 Å². The number of nitrogens with zero attached hydrogens (tertiary/aromatic N) is 1. The van der Waals surface area contributed by atoms with Gasteiger partial charge in [-0.25, -0.2) is 4.39 Å². The predicted molar refractivity (Wildman–Crippen MR) is 91.2 cm³/mol. The number of piperidine rings is 1. The first-order valence-corrected chi connectivity index (χ1v) is 8.10. The lowest BCUT2D eigenvalue weighted by Crippen LogP contribution is -2.30. The van der Waals surface area contributed by atoms with Crippen molar-refractivity contribution in [3.8, 4) is 0 Å². The zero-order chi connectivity index (χ0) is 16.1. The molecule has 1 aliphatic heterocycles. The van der Waals surface area contributed by atoms with Crippen molar-refractivity contribution in [2.45, 2.75) is 25.7 Å². The molecule has 0 radical (unpaired) electrons. The van der Waals surface area contributed by atoms with E-state index >= 15 is 0 Å². The van der Waals surface area contributed by atoms with Gasteiger partial charge in [-0.15, -0.1) is 0 Å². The summed E-state index contributed by atoms with van der Waals surface area (Å²) < 4.78 is 14.3. The van der Waals surface area contributed by atoms with Gasteiger partial charge in [0.25, 0.3) is 0 Å². The van der Waals surface area contributed by atoms with Gasteiger partial charge in [-0.3, -0.25) is 4.79 Å². The summed E-state index contributed by atoms with van der Waals surface area (Å²) in [7, 11) is 0. The minimum absolute atomic E-state index is 0.138. The fourth-order valence-corrected chi connectivity index (χ4v) is 2.96. The molecule has 2 aromatic rings. The molecular formula is C19H21FN2O. The molecule has 0 unspecified atom stereocenters. The Balaban J connectivity index is 1.64. The molecule has 0 aromatic heterocycles. The fourth-order valence-electron chi connectivity index (χ4n) is 2.96. The van der Waals surface area contributed by atoms with E-state index in [1.807, 2.05) is 30.3 Å². The third-order valence-electron chi connectivity index (χ3n) is 4.14. The van der Waals surface area contributed by atoms with E-state index in [0.717, 1.165) is 31.5 Å². The van der Waals surface area contributed by atoms with Crippen LogP contribution in [0, 0.1) is 5.82 Å². The standard InChI is InChI=1S/C19H21FN2O/c20-17-14-16(9-10-18(17)22-11-5-2-6-12-22)21-19(23)13-15-7-3-1-4-8-15/h1,3-4,7-10,14H,2,5-6,11-13H2,(H,21,23). The molecule has 0 spiro atoms. The van der Waals surface area contributed by atoms with Gasteiger partial charge in [0.05, 0.1) is 12.1 Å². The minimum atomic E-state index is -0.274. The quantitative estimate of drug-likeness (QED) is 0.925. The van der Waals surface area contributed by atoms with Crippen molar-refractivity contribution < 1.29 is 9.18 Å². The largest absolute Gasteiger partial charge is 0.369 e. The van der Waals surface area contributed by atoms with Gasteiger partial charge in [-0.2, -0.15) is 0 Å². The maximum Gasteiger partial charge on any atom is 0.228 e. The van der Waals surface area contributed by atoms with Crippen LogP contribution in [0.25, 0.3) is 0 Å². The van der Waals surface area contributed by atoms with Crippen molar-refractivity contribution in [1.29, 1.82) is 0 Å². The van der Waals surface area contributed by atoms with Crippen LogP contribution >= 0.6 is 0 Å². The second kappa shape index (κ2) is 7.27. The molecule has 1 aliphatic rings. The van der Waals surface area contributed by atoms with Crippen molar-refractivity contribution >= 4 is 17.3 Å². The van der Waals surface area contributed by atoms with Crippen LogP contribution < -0.4 is 10.2 Å². The van der Waals surface area contributed by atoms with E-state index in [1.165, 1.54) is 12.5 Å². The van der Waals surface area contributed by atoms with Crippen LogP contribution in [-0.4, -0.2) is 19.0 Å². The van der Waals surface area contributed by atoms with Gasteiger partial charge in [0, 0.05) is 18.8 Å². The zero-order valence-corrected chi connectivity index (χ0v) is 13.1. The molecule has 1 saturated heterocycles. The van der Waals surface area contributed by atoms with Crippen LogP contribution in [0.2, 0.25) is 0 Å². The number of nitrogens with one attached hydrogen (secondary N) is 1.